The van der Waals surface area contributed by atoms with Gasteiger partial charge >= 0.3 is 0 Å². The number of anilines is 6. The number of carbonyl (C=O) groups is 2. The second-order valence-electron chi connectivity index (χ2n) is 18.7. The number of aryl methyl sites for hydroxylation is 2. The van der Waals surface area contributed by atoms with Crippen LogP contribution in [0.4, 0.5) is 32.8 Å². The van der Waals surface area contributed by atoms with Gasteiger partial charge in [-0.05, 0) is 187 Å². The van der Waals surface area contributed by atoms with E-state index in [1.807, 2.05) is 31.2 Å². The van der Waals surface area contributed by atoms with Gasteiger partial charge in [0, 0.05) is 50.2 Å². The van der Waals surface area contributed by atoms with Crippen molar-refractivity contribution in [2.45, 2.75) is 52.9 Å². The van der Waals surface area contributed by atoms with Crippen molar-refractivity contribution in [3.05, 3.63) is 202 Å². The molecule has 2 aliphatic carbocycles. The summed E-state index contributed by atoms with van der Waals surface area (Å²) in [5.74, 6) is 1.27. The average molecular weight is 980 g/mol. The zero-order valence-electron chi connectivity index (χ0n) is 41.0. The van der Waals surface area contributed by atoms with Crippen LogP contribution in [0.2, 0.25) is 0 Å². The second kappa shape index (κ2) is 18.5. The number of hydrogen-bond donors (Lipinski definition) is 0. The van der Waals surface area contributed by atoms with Crippen LogP contribution in [-0.2, 0) is 25.7 Å². The number of ether oxygens (including phenoxy) is 2. The molecule has 9 heteroatoms. The summed E-state index contributed by atoms with van der Waals surface area (Å²) in [6.07, 6.45) is 3.40. The average Bonchev–Trinajstić information content (AvgIpc) is 4.16. The monoisotopic (exact) mass is 979 g/mol. The van der Waals surface area contributed by atoms with Gasteiger partial charge in [-0.1, -0.05) is 79.7 Å². The van der Waals surface area contributed by atoms with Crippen LogP contribution in [0, 0.1) is 13.8 Å². The third-order valence-electron chi connectivity index (χ3n) is 14.7. The highest BCUT2D eigenvalue weighted by Gasteiger charge is 2.45. The van der Waals surface area contributed by atoms with E-state index in [0.717, 1.165) is 122 Å². The summed E-state index contributed by atoms with van der Waals surface area (Å²) >= 11 is 3.48. The van der Waals surface area contributed by atoms with Crippen molar-refractivity contribution in [3.63, 3.8) is 0 Å². The number of carbonyl (C=O) groups excluding carboxylic acids is 2. The Hall–Kier alpha value is -7.72. The van der Waals surface area contributed by atoms with Crippen LogP contribution in [-0.4, -0.2) is 37.5 Å². The summed E-state index contributed by atoms with van der Waals surface area (Å²) in [5, 5.41) is 2.19. The van der Waals surface area contributed by atoms with Gasteiger partial charge in [0.05, 0.1) is 25.3 Å². The Morgan fingerprint density at radius 3 is 1.17 bits per heavy atom. The van der Waals surface area contributed by atoms with Gasteiger partial charge in [-0.25, -0.2) is 0 Å². The fourth-order valence-corrected chi connectivity index (χ4v) is 13.8. The first-order chi connectivity index (χ1) is 35.3. The van der Waals surface area contributed by atoms with Crippen LogP contribution in [0.25, 0.3) is 43.1 Å². The Labute approximate surface area is 429 Å². The maximum Gasteiger partial charge on any atom is 0.261 e. The Morgan fingerprint density at radius 1 is 0.472 bits per heavy atom. The molecule has 7 nitrogen and oxygen atoms in total. The molecule has 12 rings (SSSR count). The molecule has 2 aromatic heterocycles. The molecule has 0 spiro atoms. The molecule has 0 radical (unpaired) electrons. The maximum atomic E-state index is 14.7. The summed E-state index contributed by atoms with van der Waals surface area (Å²) in [6.45, 7) is 6.75. The Bertz CT molecular complexity index is 3270. The predicted octanol–water partition coefficient (Wildman–Crippen LogP) is 16.3. The van der Waals surface area contributed by atoms with Crippen LogP contribution in [0.15, 0.2) is 158 Å². The highest BCUT2D eigenvalue weighted by atomic mass is 32.1. The van der Waals surface area contributed by atoms with Crippen LogP contribution >= 0.6 is 22.7 Å². The molecule has 356 valence electrons. The number of benzene rings is 7. The smallest absolute Gasteiger partial charge is 0.261 e. The lowest BCUT2D eigenvalue weighted by atomic mass is 9.70. The first-order valence-corrected chi connectivity index (χ1v) is 26.4. The molecule has 0 N–H and O–H groups in total. The molecular weight excluding hydrogens is 927 g/mol. The summed E-state index contributed by atoms with van der Waals surface area (Å²) in [6, 6.07) is 55.4. The molecule has 3 heterocycles. The highest BCUT2D eigenvalue weighted by molar-refractivity contribution is 7.20. The number of methoxy groups -OCH3 is 2. The number of rotatable bonds is 12. The van der Waals surface area contributed by atoms with E-state index in [1.54, 1.807) is 36.9 Å². The van der Waals surface area contributed by atoms with E-state index in [2.05, 4.69) is 157 Å². The maximum absolute atomic E-state index is 14.7. The molecular formula is C63H53N3O4S2. The number of imide groups is 1. The van der Waals surface area contributed by atoms with Crippen LogP contribution in [0.3, 0.4) is 0 Å². The van der Waals surface area contributed by atoms with Crippen molar-refractivity contribution in [1.82, 2.24) is 4.90 Å². The molecule has 0 fully saturated rings. The van der Waals surface area contributed by atoms with Gasteiger partial charge < -0.3 is 19.3 Å². The fraction of sp³-hybridized carbons (Fsp3) is 0.175. The van der Waals surface area contributed by atoms with Crippen molar-refractivity contribution < 1.29 is 19.1 Å². The van der Waals surface area contributed by atoms with E-state index in [9.17, 15) is 9.59 Å². The fourth-order valence-electron chi connectivity index (χ4n) is 11.7. The van der Waals surface area contributed by atoms with Gasteiger partial charge in [-0.3, -0.25) is 14.5 Å². The van der Waals surface area contributed by atoms with E-state index in [-0.39, 0.29) is 11.8 Å². The van der Waals surface area contributed by atoms with Crippen molar-refractivity contribution in [1.29, 1.82) is 0 Å². The van der Waals surface area contributed by atoms with Gasteiger partial charge in [0.25, 0.3) is 11.8 Å². The third kappa shape index (κ3) is 7.28. The number of hydrogen-bond acceptors (Lipinski definition) is 8. The van der Waals surface area contributed by atoms with Gasteiger partial charge in [0.1, 0.15) is 21.5 Å². The Morgan fingerprint density at radius 2 is 0.833 bits per heavy atom. The Kier molecular flexibility index (Phi) is 11.7. The molecule has 0 saturated heterocycles. The minimum atomic E-state index is -0.169. The van der Waals surface area contributed by atoms with Crippen LogP contribution in [0.5, 0.6) is 11.5 Å². The number of para-hydroxylation sites is 4. The topological polar surface area (TPSA) is 62.3 Å². The summed E-state index contributed by atoms with van der Waals surface area (Å²) < 4.78 is 13.0. The normalized spacial score (nSPS) is 13.3. The zero-order chi connectivity index (χ0) is 49.2. The van der Waals surface area contributed by atoms with Crippen molar-refractivity contribution >= 4 is 67.2 Å². The standard InChI is InChI=1S/C63H53N3O4S2/c1-6-35-64-62(67)58-46-29-27-40-36-48(50-31-33-52(71-50)65(42-19-11-7-12-20-42)43-21-13-8-14-22-43)60(69-4)38(2)54(40)56(46)57-47(59(58)63(64)68)30-28-41-37-49(61(70-5)39(3)55(41)57)51-32-34-53(72-51)66(44-23-15-9-16-24-44)45-25-17-10-18-26-45/h7-26,31-34,36-37H,6,27-30,35H2,1-5H3. The van der Waals surface area contributed by atoms with E-state index >= 15 is 0 Å². The van der Waals surface area contributed by atoms with Gasteiger partial charge in [-0.2, -0.15) is 0 Å². The van der Waals surface area contributed by atoms with Crippen LogP contribution < -0.4 is 19.3 Å². The lowest BCUT2D eigenvalue weighted by molar-refractivity contribution is 0.0653. The molecule has 9 aromatic rings. The molecule has 2 amide bonds. The minimum absolute atomic E-state index is 0.169. The molecule has 0 unspecified atom stereocenters. The SMILES string of the molecule is CCCN1C(=O)c2c3c(c4c(c2C1=O)CCc1cc(-c2ccc(N(c5ccccc5)c5ccccc5)s2)c(OC)c(C)c1-4)-c1c(cc(-c2ccc(N(c4ccccc4)c4ccccc4)s2)c(OC)c1C)CC3. The largest absolute Gasteiger partial charge is 0.496 e. The van der Waals surface area contributed by atoms with Crippen molar-refractivity contribution in [3.8, 4) is 54.6 Å². The van der Waals surface area contributed by atoms with Gasteiger partial charge in [0.2, 0.25) is 0 Å². The van der Waals surface area contributed by atoms with Crippen LogP contribution in [0.1, 0.15) is 67.4 Å². The molecule has 72 heavy (non-hydrogen) atoms. The minimum Gasteiger partial charge on any atom is -0.496 e. The molecule has 1 aliphatic heterocycles. The molecule has 0 saturated carbocycles. The molecule has 0 atom stereocenters. The number of amides is 2. The van der Waals surface area contributed by atoms with Gasteiger partial charge in [-0.15, -0.1) is 22.7 Å². The summed E-state index contributed by atoms with van der Waals surface area (Å²) in [4.78, 5) is 37.7. The number of thiophene rings is 2. The molecule has 3 aliphatic rings. The predicted molar refractivity (Wildman–Crippen MR) is 296 cm³/mol. The van der Waals surface area contributed by atoms with E-state index < -0.39 is 0 Å². The van der Waals surface area contributed by atoms with E-state index in [4.69, 9.17) is 9.47 Å². The number of nitrogens with zero attached hydrogens (tertiary/aromatic N) is 3. The van der Waals surface area contributed by atoms with Crippen molar-refractivity contribution in [2.75, 3.05) is 30.6 Å². The van der Waals surface area contributed by atoms with Gasteiger partial charge in [0.15, 0.2) is 0 Å². The summed E-state index contributed by atoms with van der Waals surface area (Å²) in [5.41, 5.74) is 18.3. The number of fused-ring (bicyclic) bond motifs is 10. The summed E-state index contributed by atoms with van der Waals surface area (Å²) in [7, 11) is 3.53. The third-order valence-corrected chi connectivity index (χ3v) is 16.9. The van der Waals surface area contributed by atoms with E-state index in [1.165, 1.54) is 16.0 Å². The lowest BCUT2D eigenvalue weighted by Gasteiger charge is -2.34. The Balaban J connectivity index is 1.03. The highest BCUT2D eigenvalue weighted by Crippen LogP contribution is 2.57. The first kappa shape index (κ1) is 45.4. The quantitative estimate of drug-likeness (QED) is 0.114. The van der Waals surface area contributed by atoms with Crippen molar-refractivity contribution in [2.24, 2.45) is 0 Å². The molecule has 7 aromatic carbocycles. The molecule has 0 bridgehead atoms. The lowest BCUT2D eigenvalue weighted by Crippen LogP contribution is -2.30. The second-order valence-corrected chi connectivity index (χ2v) is 20.9. The van der Waals surface area contributed by atoms with E-state index in [0.29, 0.717) is 36.9 Å². The first-order valence-electron chi connectivity index (χ1n) is 24.8. The zero-order valence-corrected chi connectivity index (χ0v) is 42.7.